The Bertz CT molecular complexity index is 894. The van der Waals surface area contributed by atoms with Crippen LogP contribution in [0.4, 0.5) is 0 Å². The van der Waals surface area contributed by atoms with Gasteiger partial charge in [0.15, 0.2) is 0 Å². The molecule has 0 bridgehead atoms. The summed E-state index contributed by atoms with van der Waals surface area (Å²) in [6.07, 6.45) is 3.79. The van der Waals surface area contributed by atoms with Crippen LogP contribution in [0.25, 0.3) is 10.9 Å². The van der Waals surface area contributed by atoms with Gasteiger partial charge in [-0.3, -0.25) is 9.48 Å². The fraction of sp³-hybridized carbons (Fsp3) is 0.333. The molecule has 2 aromatic heterocycles. The van der Waals surface area contributed by atoms with Gasteiger partial charge in [0, 0.05) is 54.4 Å². The molecule has 126 valence electrons. The SMILES string of the molecule is CC(C)n1cc(CN(C)C(=O)c2cc3ccc(Cl)cc3n2C)cn1. The van der Waals surface area contributed by atoms with Gasteiger partial charge < -0.3 is 9.47 Å². The van der Waals surface area contributed by atoms with E-state index in [0.29, 0.717) is 23.3 Å². The van der Waals surface area contributed by atoms with Gasteiger partial charge in [-0.1, -0.05) is 17.7 Å². The van der Waals surface area contributed by atoms with E-state index in [0.717, 1.165) is 16.5 Å². The minimum atomic E-state index is -0.0258. The quantitative estimate of drug-likeness (QED) is 0.720. The molecule has 0 saturated carbocycles. The summed E-state index contributed by atoms with van der Waals surface area (Å²) in [7, 11) is 3.69. The van der Waals surface area contributed by atoms with Gasteiger partial charge in [-0.15, -0.1) is 0 Å². The summed E-state index contributed by atoms with van der Waals surface area (Å²) in [5, 5.41) is 5.99. The molecule has 0 aliphatic rings. The van der Waals surface area contributed by atoms with Crippen LogP contribution in [0, 0.1) is 0 Å². The van der Waals surface area contributed by atoms with E-state index in [4.69, 9.17) is 11.6 Å². The highest BCUT2D eigenvalue weighted by Gasteiger charge is 2.18. The molecule has 2 heterocycles. The Morgan fingerprint density at radius 1 is 1.33 bits per heavy atom. The summed E-state index contributed by atoms with van der Waals surface area (Å²) >= 11 is 6.06. The summed E-state index contributed by atoms with van der Waals surface area (Å²) in [6, 6.07) is 7.86. The fourth-order valence-corrected chi connectivity index (χ4v) is 2.96. The van der Waals surface area contributed by atoms with E-state index >= 15 is 0 Å². The molecule has 0 fully saturated rings. The van der Waals surface area contributed by atoms with Crippen LogP contribution >= 0.6 is 11.6 Å². The number of aryl methyl sites for hydroxylation is 1. The number of rotatable bonds is 4. The minimum absolute atomic E-state index is 0.0258. The Morgan fingerprint density at radius 3 is 2.75 bits per heavy atom. The first kappa shape index (κ1) is 16.6. The lowest BCUT2D eigenvalue weighted by molar-refractivity contribution is 0.0776. The summed E-state index contributed by atoms with van der Waals surface area (Å²) in [6.45, 7) is 4.67. The van der Waals surface area contributed by atoms with Crippen LogP contribution in [-0.2, 0) is 13.6 Å². The third-order valence-corrected chi connectivity index (χ3v) is 4.41. The summed E-state index contributed by atoms with van der Waals surface area (Å²) < 4.78 is 3.78. The second-order valence-electron chi connectivity index (χ2n) is 6.38. The molecule has 5 nitrogen and oxygen atoms in total. The van der Waals surface area contributed by atoms with Crippen molar-refractivity contribution in [2.24, 2.45) is 7.05 Å². The zero-order valence-electron chi connectivity index (χ0n) is 14.3. The van der Waals surface area contributed by atoms with Gasteiger partial charge in [-0.05, 0) is 32.0 Å². The molecule has 0 aliphatic carbocycles. The molecule has 1 amide bonds. The topological polar surface area (TPSA) is 43.1 Å². The first-order valence-electron chi connectivity index (χ1n) is 7.90. The number of nitrogens with zero attached hydrogens (tertiary/aromatic N) is 4. The highest BCUT2D eigenvalue weighted by molar-refractivity contribution is 6.31. The maximum Gasteiger partial charge on any atom is 0.270 e. The Balaban J connectivity index is 1.83. The maximum absolute atomic E-state index is 12.8. The number of hydrogen-bond donors (Lipinski definition) is 0. The zero-order valence-corrected chi connectivity index (χ0v) is 15.1. The van der Waals surface area contributed by atoms with Crippen molar-refractivity contribution in [3.05, 3.63) is 52.9 Å². The predicted molar refractivity (Wildman–Crippen MR) is 96.3 cm³/mol. The van der Waals surface area contributed by atoms with E-state index in [9.17, 15) is 4.79 Å². The number of aromatic nitrogens is 3. The van der Waals surface area contributed by atoms with Gasteiger partial charge in [0.25, 0.3) is 5.91 Å². The third kappa shape index (κ3) is 3.04. The molecule has 0 atom stereocenters. The van der Waals surface area contributed by atoms with E-state index < -0.39 is 0 Å². The summed E-state index contributed by atoms with van der Waals surface area (Å²) in [5.41, 5.74) is 2.61. The van der Waals surface area contributed by atoms with Crippen molar-refractivity contribution in [2.45, 2.75) is 26.4 Å². The second-order valence-corrected chi connectivity index (χ2v) is 6.81. The van der Waals surface area contributed by atoms with Crippen molar-refractivity contribution in [2.75, 3.05) is 7.05 Å². The standard InChI is InChI=1S/C18H21ClN4O/c1-12(2)23-11-13(9-20-23)10-21(3)18(24)17-7-14-5-6-15(19)8-16(14)22(17)4/h5-9,11-12H,10H2,1-4H3. The molecule has 3 aromatic rings. The van der Waals surface area contributed by atoms with Crippen LogP contribution in [0.15, 0.2) is 36.7 Å². The van der Waals surface area contributed by atoms with Gasteiger partial charge in [-0.25, -0.2) is 0 Å². The molecule has 6 heteroatoms. The first-order valence-corrected chi connectivity index (χ1v) is 8.28. The average Bonchev–Trinajstić information content (AvgIpc) is 3.12. The monoisotopic (exact) mass is 344 g/mol. The molecule has 0 radical (unpaired) electrons. The van der Waals surface area contributed by atoms with E-state index in [1.54, 1.807) is 11.9 Å². The highest BCUT2D eigenvalue weighted by Crippen LogP contribution is 2.23. The normalized spacial score (nSPS) is 11.4. The number of benzene rings is 1. The number of carbonyl (C=O) groups is 1. The molecule has 1 aromatic carbocycles. The Labute approximate surface area is 146 Å². The molecule has 0 saturated heterocycles. The van der Waals surface area contributed by atoms with E-state index in [-0.39, 0.29) is 5.91 Å². The van der Waals surface area contributed by atoms with Crippen molar-refractivity contribution in [1.82, 2.24) is 19.2 Å². The maximum atomic E-state index is 12.8. The minimum Gasteiger partial charge on any atom is -0.340 e. The van der Waals surface area contributed by atoms with Crippen LogP contribution in [0.2, 0.25) is 5.02 Å². The van der Waals surface area contributed by atoms with Crippen molar-refractivity contribution in [1.29, 1.82) is 0 Å². The second kappa shape index (κ2) is 6.32. The molecule has 3 rings (SSSR count). The number of hydrogen-bond acceptors (Lipinski definition) is 2. The van der Waals surface area contributed by atoms with Crippen LogP contribution in [0.1, 0.15) is 35.9 Å². The van der Waals surface area contributed by atoms with Crippen LogP contribution < -0.4 is 0 Å². The Hall–Kier alpha value is -2.27. The van der Waals surface area contributed by atoms with Crippen molar-refractivity contribution in [3.8, 4) is 0 Å². The third-order valence-electron chi connectivity index (χ3n) is 4.18. The molecule has 0 spiro atoms. The number of fused-ring (bicyclic) bond motifs is 1. The smallest absolute Gasteiger partial charge is 0.270 e. The van der Waals surface area contributed by atoms with Crippen LogP contribution in [-0.4, -0.2) is 32.2 Å². The molecule has 0 N–H and O–H groups in total. The number of carbonyl (C=O) groups excluding carboxylic acids is 1. The molecule has 0 unspecified atom stereocenters. The van der Waals surface area contributed by atoms with Crippen molar-refractivity contribution < 1.29 is 4.79 Å². The van der Waals surface area contributed by atoms with E-state index in [1.807, 2.05) is 53.0 Å². The van der Waals surface area contributed by atoms with Crippen LogP contribution in [0.5, 0.6) is 0 Å². The molecule has 0 aliphatic heterocycles. The molecular formula is C18H21ClN4O. The largest absolute Gasteiger partial charge is 0.340 e. The average molecular weight is 345 g/mol. The summed E-state index contributed by atoms with van der Waals surface area (Å²) in [4.78, 5) is 14.5. The van der Waals surface area contributed by atoms with Crippen molar-refractivity contribution >= 4 is 28.4 Å². The summed E-state index contributed by atoms with van der Waals surface area (Å²) in [5.74, 6) is -0.0258. The van der Waals surface area contributed by atoms with Gasteiger partial charge >= 0.3 is 0 Å². The van der Waals surface area contributed by atoms with Crippen molar-refractivity contribution in [3.63, 3.8) is 0 Å². The lowest BCUT2D eigenvalue weighted by atomic mass is 10.2. The van der Waals surface area contributed by atoms with E-state index in [1.165, 1.54) is 0 Å². The zero-order chi connectivity index (χ0) is 17.4. The molecular weight excluding hydrogens is 324 g/mol. The predicted octanol–water partition coefficient (Wildman–Crippen LogP) is 3.88. The lowest BCUT2D eigenvalue weighted by Gasteiger charge is -2.16. The Kier molecular flexibility index (Phi) is 4.37. The fourth-order valence-electron chi connectivity index (χ4n) is 2.79. The molecule has 24 heavy (non-hydrogen) atoms. The van der Waals surface area contributed by atoms with Gasteiger partial charge in [0.2, 0.25) is 0 Å². The van der Waals surface area contributed by atoms with Gasteiger partial charge in [0.05, 0.1) is 6.20 Å². The van der Waals surface area contributed by atoms with Crippen LogP contribution in [0.3, 0.4) is 0 Å². The van der Waals surface area contributed by atoms with Gasteiger partial charge in [-0.2, -0.15) is 5.10 Å². The number of amides is 1. The Morgan fingerprint density at radius 2 is 2.08 bits per heavy atom. The highest BCUT2D eigenvalue weighted by atomic mass is 35.5. The van der Waals surface area contributed by atoms with Gasteiger partial charge in [0.1, 0.15) is 5.69 Å². The van der Waals surface area contributed by atoms with E-state index in [2.05, 4.69) is 18.9 Å². The number of halogens is 1. The lowest BCUT2D eigenvalue weighted by Crippen LogP contribution is -2.27. The first-order chi connectivity index (χ1) is 11.4.